The number of methoxy groups -OCH3 is 1. The summed E-state index contributed by atoms with van der Waals surface area (Å²) in [5.74, 6) is -3.59. The maximum atomic E-state index is 13.8. The largest absolute Gasteiger partial charge is 0.508 e. The summed E-state index contributed by atoms with van der Waals surface area (Å²) in [5.41, 5.74) is -3.17. The summed E-state index contributed by atoms with van der Waals surface area (Å²) in [4.78, 5) is 52.9. The molecule has 3 aromatic rings. The van der Waals surface area contributed by atoms with Gasteiger partial charge in [-0.2, -0.15) is 0 Å². The standard InChI is InChI=1S/C35H35NO13/c1-15-29(39)20(36-34(44)47-14-17-7-4-5-9-21(17)38)11-24(48-15)49-23-13-35(45,16(2)37)12-19-26(23)33(43)28-27(31(19)41)30(40)18-8-6-10-22(46-3)25(18)32(28)42/h4-10,15,20,23-24,29,38-39,41,43,45H,11-14H2,1-3H3,(H,36,44)/t15?,20?,23-,24?,29?,35-/m0/s1. The highest BCUT2D eigenvalue weighted by Gasteiger charge is 2.49. The van der Waals surface area contributed by atoms with E-state index in [9.17, 15) is 44.7 Å². The Morgan fingerprint density at radius 1 is 1.00 bits per heavy atom. The molecule has 49 heavy (non-hydrogen) atoms. The van der Waals surface area contributed by atoms with Gasteiger partial charge in [0.05, 0.1) is 42.0 Å². The molecule has 1 fully saturated rings. The van der Waals surface area contributed by atoms with E-state index >= 15 is 0 Å². The van der Waals surface area contributed by atoms with E-state index in [0.29, 0.717) is 5.56 Å². The number of carbonyl (C=O) groups is 4. The lowest BCUT2D eigenvalue weighted by atomic mass is 9.72. The maximum Gasteiger partial charge on any atom is 0.407 e. The molecule has 3 aromatic carbocycles. The van der Waals surface area contributed by atoms with Crippen LogP contribution in [0, 0.1) is 0 Å². The van der Waals surface area contributed by atoms with Gasteiger partial charge >= 0.3 is 6.09 Å². The fourth-order valence-electron chi connectivity index (χ4n) is 6.74. The van der Waals surface area contributed by atoms with Crippen molar-refractivity contribution in [3.05, 3.63) is 81.4 Å². The summed E-state index contributed by atoms with van der Waals surface area (Å²) in [6.45, 7) is 2.42. The molecule has 0 spiro atoms. The molecule has 14 nitrogen and oxygen atoms in total. The van der Waals surface area contributed by atoms with Crippen LogP contribution in [0.2, 0.25) is 0 Å². The number of ether oxygens (including phenoxy) is 4. The first-order valence-corrected chi connectivity index (χ1v) is 15.5. The van der Waals surface area contributed by atoms with Gasteiger partial charge in [-0.05, 0) is 26.0 Å². The minimum Gasteiger partial charge on any atom is -0.508 e. The van der Waals surface area contributed by atoms with Crippen molar-refractivity contribution in [3.63, 3.8) is 0 Å². The molecule has 0 aromatic heterocycles. The fraction of sp³-hybridized carbons (Fsp3) is 0.371. The number of carbonyl (C=O) groups excluding carboxylic acids is 4. The van der Waals surface area contributed by atoms with E-state index < -0.39 is 95.2 Å². The number of aliphatic hydroxyl groups is 2. The van der Waals surface area contributed by atoms with Crippen LogP contribution in [0.15, 0.2) is 42.5 Å². The van der Waals surface area contributed by atoms with Gasteiger partial charge in [0.15, 0.2) is 17.9 Å². The smallest absolute Gasteiger partial charge is 0.407 e. The van der Waals surface area contributed by atoms with Crippen LogP contribution in [0.3, 0.4) is 0 Å². The highest BCUT2D eigenvalue weighted by molar-refractivity contribution is 6.31. The molecule has 3 aliphatic rings. The number of rotatable bonds is 7. The van der Waals surface area contributed by atoms with Crippen molar-refractivity contribution in [3.8, 4) is 23.0 Å². The molecule has 14 heteroatoms. The summed E-state index contributed by atoms with van der Waals surface area (Å²) >= 11 is 0. The molecular weight excluding hydrogens is 642 g/mol. The number of Topliss-reactive ketones (excluding diaryl/α,β-unsaturated/α-hetero) is 1. The number of phenolic OH excluding ortho intramolecular Hbond substituents is 3. The van der Waals surface area contributed by atoms with Crippen LogP contribution < -0.4 is 10.1 Å². The lowest BCUT2D eigenvalue weighted by Gasteiger charge is -2.42. The average Bonchev–Trinajstić information content (AvgIpc) is 3.06. The molecule has 6 atom stereocenters. The second-order valence-electron chi connectivity index (χ2n) is 12.4. The normalized spacial score (nSPS) is 25.9. The van der Waals surface area contributed by atoms with Crippen molar-refractivity contribution >= 4 is 23.4 Å². The number of phenols is 3. The third kappa shape index (κ3) is 5.86. The van der Waals surface area contributed by atoms with Crippen molar-refractivity contribution in [1.29, 1.82) is 0 Å². The number of ketones is 3. The number of aliphatic hydroxyl groups excluding tert-OH is 1. The van der Waals surface area contributed by atoms with Gasteiger partial charge in [0.1, 0.15) is 41.3 Å². The van der Waals surface area contributed by atoms with Gasteiger partial charge in [0.2, 0.25) is 5.78 Å². The molecule has 1 heterocycles. The van der Waals surface area contributed by atoms with E-state index in [2.05, 4.69) is 5.32 Å². The monoisotopic (exact) mass is 677 g/mol. The second-order valence-corrected chi connectivity index (χ2v) is 12.4. The van der Waals surface area contributed by atoms with E-state index in [4.69, 9.17) is 18.9 Å². The quantitative estimate of drug-likeness (QED) is 0.155. The molecule has 1 saturated heterocycles. The number of hydrogen-bond acceptors (Lipinski definition) is 13. The number of para-hydroxylation sites is 1. The van der Waals surface area contributed by atoms with Gasteiger partial charge < -0.3 is 49.8 Å². The molecule has 1 aliphatic heterocycles. The number of nitrogens with one attached hydrogen (secondary N) is 1. The number of fused-ring (bicyclic) bond motifs is 3. The van der Waals surface area contributed by atoms with Crippen LogP contribution in [-0.4, -0.2) is 86.2 Å². The first-order chi connectivity index (χ1) is 23.2. The third-order valence-corrected chi connectivity index (χ3v) is 9.41. The predicted molar refractivity (Wildman–Crippen MR) is 168 cm³/mol. The Bertz CT molecular complexity index is 1870. The number of benzene rings is 3. The minimum atomic E-state index is -2.11. The topological polar surface area (TPSA) is 218 Å². The first kappa shape index (κ1) is 33.9. The molecule has 1 amide bonds. The zero-order chi connectivity index (χ0) is 35.4. The lowest BCUT2D eigenvalue weighted by molar-refractivity contribution is -0.249. The Labute approximate surface area is 279 Å². The molecule has 6 N–H and O–H groups in total. The molecule has 0 saturated carbocycles. The minimum absolute atomic E-state index is 0.0577. The van der Waals surface area contributed by atoms with Crippen molar-refractivity contribution in [2.24, 2.45) is 0 Å². The van der Waals surface area contributed by atoms with Crippen LogP contribution in [0.1, 0.15) is 81.3 Å². The molecule has 2 aliphatic carbocycles. The number of aromatic hydroxyl groups is 3. The van der Waals surface area contributed by atoms with Crippen molar-refractivity contribution in [1.82, 2.24) is 5.32 Å². The Hall–Kier alpha value is -5.02. The van der Waals surface area contributed by atoms with Crippen molar-refractivity contribution in [2.75, 3.05) is 7.11 Å². The van der Waals surface area contributed by atoms with Crippen LogP contribution in [0.4, 0.5) is 4.79 Å². The number of hydrogen-bond donors (Lipinski definition) is 6. The fourth-order valence-corrected chi connectivity index (χ4v) is 6.74. The van der Waals surface area contributed by atoms with Crippen LogP contribution in [0.25, 0.3) is 0 Å². The van der Waals surface area contributed by atoms with E-state index in [1.54, 1.807) is 18.2 Å². The van der Waals surface area contributed by atoms with E-state index in [0.717, 1.165) is 6.92 Å². The molecular formula is C35H35NO13. The summed E-state index contributed by atoms with van der Waals surface area (Å²) in [7, 11) is 1.32. The van der Waals surface area contributed by atoms with Crippen LogP contribution in [0.5, 0.6) is 23.0 Å². The number of amides is 1. The predicted octanol–water partition coefficient (Wildman–Crippen LogP) is 2.70. The average molecular weight is 678 g/mol. The van der Waals surface area contributed by atoms with Gasteiger partial charge in [0, 0.05) is 41.5 Å². The Morgan fingerprint density at radius 2 is 1.71 bits per heavy atom. The molecule has 258 valence electrons. The Balaban J connectivity index is 1.32. The molecule has 4 unspecified atom stereocenters. The summed E-state index contributed by atoms with van der Waals surface area (Å²) in [6, 6.07) is 9.68. The maximum absolute atomic E-state index is 13.8. The number of alkyl carbamates (subject to hydrolysis) is 1. The second kappa shape index (κ2) is 12.8. The van der Waals surface area contributed by atoms with Gasteiger partial charge in [-0.3, -0.25) is 14.4 Å². The van der Waals surface area contributed by atoms with Gasteiger partial charge in [-0.1, -0.05) is 30.3 Å². The Morgan fingerprint density at radius 3 is 2.41 bits per heavy atom. The van der Waals surface area contributed by atoms with Crippen molar-refractivity contribution in [2.45, 2.75) is 76.0 Å². The van der Waals surface area contributed by atoms with E-state index in [1.807, 2.05) is 0 Å². The van der Waals surface area contributed by atoms with E-state index in [1.165, 1.54) is 38.3 Å². The van der Waals surface area contributed by atoms with E-state index in [-0.39, 0.29) is 46.8 Å². The molecule has 6 rings (SSSR count). The third-order valence-electron chi connectivity index (χ3n) is 9.41. The zero-order valence-electron chi connectivity index (χ0n) is 26.8. The lowest BCUT2D eigenvalue weighted by Crippen LogP contribution is -2.55. The SMILES string of the molecule is COc1cccc2c1C(=O)c1c(O)c3c(c(O)c1C2=O)C[C@@](O)(C(C)=O)C[C@@H]3OC1CC(NC(=O)OCc2ccccc2O)C(O)C(C)O1. The Kier molecular flexibility index (Phi) is 8.83. The van der Waals surface area contributed by atoms with Gasteiger partial charge in [-0.15, -0.1) is 0 Å². The van der Waals surface area contributed by atoms with Crippen LogP contribution in [-0.2, 0) is 32.0 Å². The highest BCUT2D eigenvalue weighted by Crippen LogP contribution is 2.52. The summed E-state index contributed by atoms with van der Waals surface area (Å²) < 4.78 is 22.6. The summed E-state index contributed by atoms with van der Waals surface area (Å²) in [5, 5.41) is 58.0. The molecule has 0 bridgehead atoms. The molecule has 0 radical (unpaired) electrons. The first-order valence-electron chi connectivity index (χ1n) is 15.5. The summed E-state index contributed by atoms with van der Waals surface area (Å²) in [6.07, 6.45) is -6.71. The van der Waals surface area contributed by atoms with Crippen molar-refractivity contribution < 1.29 is 63.7 Å². The van der Waals surface area contributed by atoms with Crippen LogP contribution >= 0.6 is 0 Å². The highest BCUT2D eigenvalue weighted by atomic mass is 16.7. The van der Waals surface area contributed by atoms with Gasteiger partial charge in [-0.25, -0.2) is 4.79 Å². The zero-order valence-corrected chi connectivity index (χ0v) is 26.8. The van der Waals surface area contributed by atoms with Gasteiger partial charge in [0.25, 0.3) is 0 Å².